The average Bonchev–Trinajstić information content (AvgIpc) is 3.12. The SMILES string of the molecule is NC1=NC(c2sc(C#CC3CCCC3)cc2Cl)CS(=O)C12CCC2. The summed E-state index contributed by atoms with van der Waals surface area (Å²) in [5.41, 5.74) is 6.18. The average molecular weight is 381 g/mol. The summed E-state index contributed by atoms with van der Waals surface area (Å²) in [5, 5.41) is 0.679. The van der Waals surface area contributed by atoms with E-state index >= 15 is 0 Å². The van der Waals surface area contributed by atoms with Gasteiger partial charge < -0.3 is 5.73 Å². The topological polar surface area (TPSA) is 55.4 Å². The Morgan fingerprint density at radius 2 is 2.08 bits per heavy atom. The first kappa shape index (κ1) is 16.6. The molecule has 4 rings (SSSR count). The molecule has 1 aromatic rings. The largest absolute Gasteiger partial charge is 0.386 e. The maximum atomic E-state index is 12.7. The van der Waals surface area contributed by atoms with Gasteiger partial charge in [0.15, 0.2) is 0 Å². The molecule has 2 aliphatic carbocycles. The van der Waals surface area contributed by atoms with Crippen molar-refractivity contribution in [3.8, 4) is 11.8 Å². The Bertz CT molecular complexity index is 764. The smallest absolute Gasteiger partial charge is 0.113 e. The third kappa shape index (κ3) is 2.83. The van der Waals surface area contributed by atoms with E-state index in [-0.39, 0.29) is 10.8 Å². The normalized spacial score (nSPS) is 29.0. The molecule has 128 valence electrons. The first-order valence-electron chi connectivity index (χ1n) is 8.61. The van der Waals surface area contributed by atoms with Gasteiger partial charge in [0.25, 0.3) is 0 Å². The minimum Gasteiger partial charge on any atom is -0.386 e. The summed E-state index contributed by atoms with van der Waals surface area (Å²) in [4.78, 5) is 6.60. The molecule has 1 aromatic heterocycles. The van der Waals surface area contributed by atoms with Gasteiger partial charge in [-0.3, -0.25) is 9.20 Å². The van der Waals surface area contributed by atoms with E-state index in [1.807, 2.05) is 6.07 Å². The minimum absolute atomic E-state index is 0.184. The van der Waals surface area contributed by atoms with Gasteiger partial charge in [0.1, 0.15) is 10.6 Å². The van der Waals surface area contributed by atoms with Crippen LogP contribution in [0.1, 0.15) is 60.7 Å². The van der Waals surface area contributed by atoms with Crippen LogP contribution in [0.2, 0.25) is 5.02 Å². The summed E-state index contributed by atoms with van der Waals surface area (Å²) in [6, 6.07) is 1.74. The second-order valence-corrected chi connectivity index (χ2v) is 10.3. The summed E-state index contributed by atoms with van der Waals surface area (Å²) in [6.07, 6.45) is 7.90. The second-order valence-electron chi connectivity index (χ2n) is 6.96. The van der Waals surface area contributed by atoms with Gasteiger partial charge in [-0.25, -0.2) is 0 Å². The number of amidine groups is 1. The molecule has 1 spiro atoms. The summed E-state index contributed by atoms with van der Waals surface area (Å²) >= 11 is 8.00. The predicted octanol–water partition coefficient (Wildman–Crippen LogP) is 4.03. The number of aliphatic imine (C=N–C) groups is 1. The number of thiophene rings is 1. The van der Waals surface area contributed by atoms with E-state index in [0.29, 0.717) is 22.5 Å². The highest BCUT2D eigenvalue weighted by molar-refractivity contribution is 7.87. The number of hydrogen-bond donors (Lipinski definition) is 1. The maximum absolute atomic E-state index is 12.7. The van der Waals surface area contributed by atoms with Crippen LogP contribution < -0.4 is 5.73 Å². The van der Waals surface area contributed by atoms with Crippen molar-refractivity contribution in [1.29, 1.82) is 0 Å². The number of nitrogens with zero attached hydrogens (tertiary/aromatic N) is 1. The third-order valence-corrected chi connectivity index (χ3v) is 9.12. The van der Waals surface area contributed by atoms with E-state index < -0.39 is 10.8 Å². The highest BCUT2D eigenvalue weighted by atomic mass is 35.5. The van der Waals surface area contributed by atoms with Crippen LogP contribution in [0.5, 0.6) is 0 Å². The van der Waals surface area contributed by atoms with Gasteiger partial charge in [0.05, 0.1) is 26.6 Å². The molecule has 2 heterocycles. The summed E-state index contributed by atoms with van der Waals surface area (Å²) in [6.45, 7) is 0. The van der Waals surface area contributed by atoms with Crippen LogP contribution in [0.15, 0.2) is 11.1 Å². The fraction of sp³-hybridized carbons (Fsp3) is 0.611. The van der Waals surface area contributed by atoms with Gasteiger partial charge in [-0.1, -0.05) is 36.3 Å². The molecule has 3 nitrogen and oxygen atoms in total. The van der Waals surface area contributed by atoms with Crippen LogP contribution in [0.25, 0.3) is 0 Å². The van der Waals surface area contributed by atoms with E-state index in [4.69, 9.17) is 17.3 Å². The van der Waals surface area contributed by atoms with E-state index in [1.165, 1.54) is 25.7 Å². The molecule has 3 aliphatic rings. The second kappa shape index (κ2) is 6.48. The first-order valence-corrected chi connectivity index (χ1v) is 11.1. The van der Waals surface area contributed by atoms with Gasteiger partial charge in [-0.15, -0.1) is 11.3 Å². The predicted molar refractivity (Wildman–Crippen MR) is 102 cm³/mol. The van der Waals surface area contributed by atoms with Crippen molar-refractivity contribution in [3.05, 3.63) is 20.8 Å². The van der Waals surface area contributed by atoms with Gasteiger partial charge in [0, 0.05) is 16.7 Å². The standard InChI is InChI=1S/C18H21ClN2OS2/c19-14-10-13(7-6-12-4-1-2-5-12)23-16(14)15-11-24(22)18(8-3-9-18)17(20)21-15/h10,12,15H,1-5,8-9,11H2,(H2,20,21). The van der Waals surface area contributed by atoms with Crippen molar-refractivity contribution in [1.82, 2.24) is 0 Å². The molecular weight excluding hydrogens is 360 g/mol. The highest BCUT2D eigenvalue weighted by Gasteiger charge is 2.49. The van der Waals surface area contributed by atoms with Crippen LogP contribution in [0.4, 0.5) is 0 Å². The third-order valence-electron chi connectivity index (χ3n) is 5.44. The highest BCUT2D eigenvalue weighted by Crippen LogP contribution is 2.45. The first-order chi connectivity index (χ1) is 11.6. The number of nitrogens with two attached hydrogens (primary N) is 1. The molecular formula is C18H21ClN2OS2. The Morgan fingerprint density at radius 1 is 1.33 bits per heavy atom. The minimum atomic E-state index is -0.966. The molecule has 6 heteroatoms. The van der Waals surface area contributed by atoms with Crippen molar-refractivity contribution < 1.29 is 4.21 Å². The molecule has 2 fully saturated rings. The Kier molecular flexibility index (Phi) is 4.49. The van der Waals surface area contributed by atoms with Crippen LogP contribution in [0.3, 0.4) is 0 Å². The maximum Gasteiger partial charge on any atom is 0.113 e. The lowest BCUT2D eigenvalue weighted by molar-refractivity contribution is 0.430. The van der Waals surface area contributed by atoms with Gasteiger partial charge in [-0.05, 0) is 38.2 Å². The zero-order valence-electron chi connectivity index (χ0n) is 13.5. The van der Waals surface area contributed by atoms with Gasteiger partial charge in [0.2, 0.25) is 0 Å². The fourth-order valence-electron chi connectivity index (χ4n) is 3.77. The summed E-state index contributed by atoms with van der Waals surface area (Å²) in [5.74, 6) is 8.26. The Balaban J connectivity index is 1.57. The lowest BCUT2D eigenvalue weighted by atomic mass is 9.83. The lowest BCUT2D eigenvalue weighted by Gasteiger charge is -2.43. The number of halogens is 1. The summed E-state index contributed by atoms with van der Waals surface area (Å²) in [7, 11) is -0.966. The lowest BCUT2D eigenvalue weighted by Crippen LogP contribution is -2.56. The fourth-order valence-corrected chi connectivity index (χ4v) is 7.12. The molecule has 2 atom stereocenters. The van der Waals surface area contributed by atoms with Crippen molar-refractivity contribution in [2.75, 3.05) is 5.75 Å². The zero-order valence-corrected chi connectivity index (χ0v) is 15.9. The Hall–Kier alpha value is -0.830. The van der Waals surface area contributed by atoms with E-state index in [1.54, 1.807) is 11.3 Å². The molecule has 0 radical (unpaired) electrons. The molecule has 1 aliphatic heterocycles. The van der Waals surface area contributed by atoms with Crippen LogP contribution in [-0.4, -0.2) is 20.5 Å². The monoisotopic (exact) mass is 380 g/mol. The van der Waals surface area contributed by atoms with Crippen molar-refractivity contribution >= 4 is 39.6 Å². The number of rotatable bonds is 1. The molecule has 0 aromatic carbocycles. The Morgan fingerprint density at radius 3 is 2.71 bits per heavy atom. The van der Waals surface area contributed by atoms with Crippen molar-refractivity contribution in [2.24, 2.45) is 16.6 Å². The molecule has 24 heavy (non-hydrogen) atoms. The molecule has 0 amide bonds. The van der Waals surface area contributed by atoms with E-state index in [0.717, 1.165) is 29.0 Å². The molecule has 2 unspecified atom stereocenters. The van der Waals surface area contributed by atoms with E-state index in [9.17, 15) is 4.21 Å². The van der Waals surface area contributed by atoms with Crippen LogP contribution in [-0.2, 0) is 10.8 Å². The van der Waals surface area contributed by atoms with Crippen molar-refractivity contribution in [3.63, 3.8) is 0 Å². The molecule has 2 N–H and O–H groups in total. The van der Waals surface area contributed by atoms with Crippen LogP contribution in [0, 0.1) is 17.8 Å². The summed E-state index contributed by atoms with van der Waals surface area (Å²) < 4.78 is 12.4. The van der Waals surface area contributed by atoms with Gasteiger partial charge in [-0.2, -0.15) is 0 Å². The molecule has 2 saturated carbocycles. The molecule has 0 saturated heterocycles. The van der Waals surface area contributed by atoms with Gasteiger partial charge >= 0.3 is 0 Å². The Labute approximate surface area is 154 Å². The number of hydrogen-bond acceptors (Lipinski definition) is 4. The molecule has 0 bridgehead atoms. The zero-order chi connectivity index (χ0) is 16.7. The van der Waals surface area contributed by atoms with Crippen LogP contribution >= 0.6 is 22.9 Å². The quantitative estimate of drug-likeness (QED) is 0.748. The van der Waals surface area contributed by atoms with Crippen molar-refractivity contribution in [2.45, 2.75) is 55.7 Å². The van der Waals surface area contributed by atoms with E-state index in [2.05, 4.69) is 16.8 Å².